The van der Waals surface area contributed by atoms with E-state index in [9.17, 15) is 18.7 Å². The van der Waals surface area contributed by atoms with Gasteiger partial charge in [-0.15, -0.1) is 0 Å². The Labute approximate surface area is 269 Å². The summed E-state index contributed by atoms with van der Waals surface area (Å²) >= 11 is 0. The number of esters is 1. The molecular formula is C35H36F3N5O4. The van der Waals surface area contributed by atoms with E-state index in [1.807, 2.05) is 11.8 Å². The average Bonchev–Trinajstić information content (AvgIpc) is 3.41. The van der Waals surface area contributed by atoms with Crippen LogP contribution in [0, 0.1) is 23.0 Å². The first-order chi connectivity index (χ1) is 22.6. The number of phenolic OH excluding ortho intramolecular Hbond substituents is 1. The van der Waals surface area contributed by atoms with Gasteiger partial charge in [-0.05, 0) is 73.2 Å². The van der Waals surface area contributed by atoms with E-state index in [1.54, 1.807) is 6.07 Å². The Bertz CT molecular complexity index is 1940. The number of ether oxygens (including phenoxy) is 2. The van der Waals surface area contributed by atoms with E-state index >= 15 is 4.39 Å². The van der Waals surface area contributed by atoms with Crippen LogP contribution in [0.1, 0.15) is 44.6 Å². The van der Waals surface area contributed by atoms with Gasteiger partial charge < -0.3 is 19.5 Å². The molecule has 0 amide bonds. The molecule has 4 aromatic rings. The smallest absolute Gasteiger partial charge is 0.319 e. The lowest BCUT2D eigenvalue weighted by molar-refractivity contribution is -0.146. The lowest BCUT2D eigenvalue weighted by Crippen LogP contribution is -2.43. The molecule has 1 aliphatic carbocycles. The van der Waals surface area contributed by atoms with Gasteiger partial charge in [0.2, 0.25) is 0 Å². The van der Waals surface area contributed by atoms with Gasteiger partial charge in [0.05, 0.1) is 24.0 Å². The molecule has 5 heterocycles. The number of aromatic nitrogens is 3. The van der Waals surface area contributed by atoms with E-state index in [-0.39, 0.29) is 52.4 Å². The second kappa shape index (κ2) is 10.9. The fourth-order valence-corrected chi connectivity index (χ4v) is 8.46. The highest BCUT2D eigenvalue weighted by atomic mass is 19.1. The molecule has 1 N–H and O–H groups in total. The van der Waals surface area contributed by atoms with Crippen molar-refractivity contribution in [1.82, 2.24) is 19.9 Å². The molecule has 47 heavy (non-hydrogen) atoms. The molecule has 1 unspecified atom stereocenters. The van der Waals surface area contributed by atoms with Crippen molar-refractivity contribution in [3.8, 4) is 23.0 Å². The van der Waals surface area contributed by atoms with Crippen LogP contribution in [-0.4, -0.2) is 82.5 Å². The summed E-state index contributed by atoms with van der Waals surface area (Å²) in [6, 6.07) is 5.73. The molecule has 1 saturated carbocycles. The van der Waals surface area contributed by atoms with E-state index in [1.165, 1.54) is 31.5 Å². The highest BCUT2D eigenvalue weighted by molar-refractivity contribution is 6.02. The summed E-state index contributed by atoms with van der Waals surface area (Å²) in [6.07, 6.45) is 4.71. The molecule has 3 aliphatic heterocycles. The van der Waals surface area contributed by atoms with Crippen LogP contribution >= 0.6 is 0 Å². The maximum atomic E-state index is 16.9. The zero-order valence-corrected chi connectivity index (χ0v) is 26.4. The Morgan fingerprint density at radius 1 is 1.15 bits per heavy atom. The molecule has 12 heteroatoms. The topological polar surface area (TPSA) is 101 Å². The van der Waals surface area contributed by atoms with Gasteiger partial charge in [0.25, 0.3) is 0 Å². The van der Waals surface area contributed by atoms with Crippen LogP contribution in [0.5, 0.6) is 11.8 Å². The number of aryl methyl sites for hydroxylation is 1. The monoisotopic (exact) mass is 647 g/mol. The van der Waals surface area contributed by atoms with Gasteiger partial charge in [0, 0.05) is 43.2 Å². The summed E-state index contributed by atoms with van der Waals surface area (Å²) in [5.74, 6) is -1.57. The number of methoxy groups -OCH3 is 1. The summed E-state index contributed by atoms with van der Waals surface area (Å²) in [7, 11) is 1.38. The number of rotatable bonds is 7. The fraction of sp³-hybridized carbons (Fsp3) is 0.486. The molecular weight excluding hydrogens is 611 g/mol. The molecule has 8 rings (SSSR count). The number of benzene rings is 2. The maximum absolute atomic E-state index is 16.9. The summed E-state index contributed by atoms with van der Waals surface area (Å²) in [5.41, 5.74) is -0.233. The van der Waals surface area contributed by atoms with Gasteiger partial charge in [0.15, 0.2) is 5.82 Å². The van der Waals surface area contributed by atoms with Crippen LogP contribution in [0.15, 0.2) is 30.5 Å². The Balaban J connectivity index is 1.27. The minimum atomic E-state index is -0.942. The summed E-state index contributed by atoms with van der Waals surface area (Å²) in [5, 5.41) is 11.9. The van der Waals surface area contributed by atoms with E-state index in [2.05, 4.69) is 14.9 Å². The molecule has 3 saturated heterocycles. The number of fused-ring (bicyclic) bond motifs is 3. The first-order valence-corrected chi connectivity index (χ1v) is 16.3. The molecule has 246 valence electrons. The number of alkyl halides is 1. The number of hydrogen-bond donors (Lipinski definition) is 1. The van der Waals surface area contributed by atoms with Crippen molar-refractivity contribution >= 4 is 33.5 Å². The van der Waals surface area contributed by atoms with Crippen LogP contribution in [0.4, 0.5) is 19.0 Å². The van der Waals surface area contributed by atoms with E-state index in [0.29, 0.717) is 60.0 Å². The third-order valence-electron chi connectivity index (χ3n) is 11.0. The molecule has 0 bridgehead atoms. The summed E-state index contributed by atoms with van der Waals surface area (Å²) < 4.78 is 57.7. The number of pyridine rings is 1. The van der Waals surface area contributed by atoms with Crippen molar-refractivity contribution in [2.45, 2.75) is 57.2 Å². The third-order valence-corrected chi connectivity index (χ3v) is 11.0. The minimum absolute atomic E-state index is 0.0529. The van der Waals surface area contributed by atoms with Crippen molar-refractivity contribution in [2.75, 3.05) is 44.8 Å². The predicted molar refractivity (Wildman–Crippen MR) is 169 cm³/mol. The highest BCUT2D eigenvalue weighted by Crippen LogP contribution is 2.57. The van der Waals surface area contributed by atoms with Gasteiger partial charge in [-0.3, -0.25) is 14.7 Å². The van der Waals surface area contributed by atoms with Gasteiger partial charge in [-0.2, -0.15) is 9.97 Å². The molecule has 2 aromatic heterocycles. The second-order valence-electron chi connectivity index (χ2n) is 13.7. The van der Waals surface area contributed by atoms with Crippen molar-refractivity contribution in [3.63, 3.8) is 0 Å². The molecule has 9 nitrogen and oxygen atoms in total. The van der Waals surface area contributed by atoms with Crippen LogP contribution in [-0.2, 0) is 16.0 Å². The predicted octanol–water partition coefficient (Wildman–Crippen LogP) is 5.74. The number of carbonyl (C=O) groups is 1. The summed E-state index contributed by atoms with van der Waals surface area (Å²) in [6.45, 7) is 3.98. The number of anilines is 1. The number of halogens is 3. The molecule has 3 atom stereocenters. The SMILES string of the molecule is CCc1c(F)ccc2cc(O)cc(-c3ncc4c(N5CC(C(=O)OC)C6(CC6)C5)nc(OC[C@@]56CCCN5C[C@H](F)C6)nc4c3F)c12. The molecule has 4 aliphatic rings. The van der Waals surface area contributed by atoms with Gasteiger partial charge in [-0.1, -0.05) is 13.0 Å². The Kier molecular flexibility index (Phi) is 7.02. The van der Waals surface area contributed by atoms with Crippen LogP contribution in [0.25, 0.3) is 32.9 Å². The molecule has 1 spiro atoms. The van der Waals surface area contributed by atoms with E-state index in [0.717, 1.165) is 32.2 Å². The lowest BCUT2D eigenvalue weighted by atomic mass is 9.93. The number of phenols is 1. The lowest BCUT2D eigenvalue weighted by Gasteiger charge is -2.31. The van der Waals surface area contributed by atoms with Crippen molar-refractivity contribution in [1.29, 1.82) is 0 Å². The number of hydrogen-bond acceptors (Lipinski definition) is 9. The van der Waals surface area contributed by atoms with Crippen molar-refractivity contribution in [3.05, 3.63) is 47.7 Å². The Morgan fingerprint density at radius 3 is 2.74 bits per heavy atom. The number of carbonyl (C=O) groups excluding carboxylic acids is 1. The van der Waals surface area contributed by atoms with Crippen molar-refractivity contribution in [2.24, 2.45) is 11.3 Å². The van der Waals surface area contributed by atoms with Gasteiger partial charge in [-0.25, -0.2) is 13.2 Å². The second-order valence-corrected chi connectivity index (χ2v) is 13.7. The van der Waals surface area contributed by atoms with E-state index < -0.39 is 23.3 Å². The van der Waals surface area contributed by atoms with Gasteiger partial charge in [0.1, 0.15) is 41.4 Å². The zero-order chi connectivity index (χ0) is 32.7. The summed E-state index contributed by atoms with van der Waals surface area (Å²) in [4.78, 5) is 30.7. The first-order valence-electron chi connectivity index (χ1n) is 16.3. The Hall–Kier alpha value is -4.19. The molecule has 0 radical (unpaired) electrons. The standard InChI is InChI=1S/C35H36F3N5O4/c1-3-22-26(37)6-5-19-11-21(44)12-23(27(19)22)29-28(38)30-24(14-39-29)31(42-16-25(32(45)46-2)34(17-42)8-9-34)41-33(40-30)47-18-35-7-4-10-43(35)15-20(36)13-35/h5-6,11-12,14,20,25,44H,3-4,7-10,13,15-18H2,1-2H3/t20-,25?,35+/m1/s1. The largest absolute Gasteiger partial charge is 0.508 e. The van der Waals surface area contributed by atoms with E-state index in [4.69, 9.17) is 14.5 Å². The zero-order valence-electron chi connectivity index (χ0n) is 26.4. The Morgan fingerprint density at radius 2 is 1.98 bits per heavy atom. The minimum Gasteiger partial charge on any atom is -0.508 e. The fourth-order valence-electron chi connectivity index (χ4n) is 8.46. The average molecular weight is 648 g/mol. The highest BCUT2D eigenvalue weighted by Gasteiger charge is 2.59. The third kappa shape index (κ3) is 4.77. The quantitative estimate of drug-likeness (QED) is 0.252. The van der Waals surface area contributed by atoms with Crippen LogP contribution < -0.4 is 9.64 Å². The molecule has 4 fully saturated rings. The number of aromatic hydroxyl groups is 1. The van der Waals surface area contributed by atoms with Gasteiger partial charge >= 0.3 is 12.0 Å². The number of nitrogens with zero attached hydrogens (tertiary/aromatic N) is 5. The maximum Gasteiger partial charge on any atom is 0.319 e. The van der Waals surface area contributed by atoms with Crippen LogP contribution in [0.3, 0.4) is 0 Å². The van der Waals surface area contributed by atoms with Crippen LogP contribution in [0.2, 0.25) is 0 Å². The van der Waals surface area contributed by atoms with Crippen molar-refractivity contribution < 1.29 is 32.5 Å². The molecule has 2 aromatic carbocycles. The first kappa shape index (κ1) is 30.2. The normalized spacial score (nSPS) is 24.8.